The second-order valence-corrected chi connectivity index (χ2v) is 5.53. The number of carbonyl (C=O) groups is 3. The van der Waals surface area contributed by atoms with Crippen molar-refractivity contribution in [3.63, 3.8) is 0 Å². The summed E-state index contributed by atoms with van der Waals surface area (Å²) in [6.07, 6.45) is 4.22. The zero-order valence-electron chi connectivity index (χ0n) is 11.4. The Hall–Kier alpha value is -1.79. The van der Waals surface area contributed by atoms with Gasteiger partial charge in [0, 0.05) is 6.54 Å². The first-order valence-electron chi connectivity index (χ1n) is 7.13. The lowest BCUT2D eigenvalue weighted by atomic mass is 9.91. The molecular weight excluding hydrogens is 262 g/mol. The van der Waals surface area contributed by atoms with Gasteiger partial charge >= 0.3 is 6.09 Å². The number of hydrogen-bond donors (Lipinski definition) is 4. The van der Waals surface area contributed by atoms with E-state index in [1.54, 1.807) is 0 Å². The number of hydrogen-bond acceptors (Lipinski definition) is 3. The summed E-state index contributed by atoms with van der Waals surface area (Å²) in [5.74, 6) is -0.180. The first kappa shape index (κ1) is 14.6. The highest BCUT2D eigenvalue weighted by Crippen LogP contribution is 2.32. The van der Waals surface area contributed by atoms with Gasteiger partial charge in [-0.05, 0) is 32.1 Å². The van der Waals surface area contributed by atoms with Crippen molar-refractivity contribution in [2.75, 3.05) is 6.54 Å². The highest BCUT2D eigenvalue weighted by atomic mass is 16.4. The van der Waals surface area contributed by atoms with Gasteiger partial charge in [-0.2, -0.15) is 0 Å². The summed E-state index contributed by atoms with van der Waals surface area (Å²) >= 11 is 0. The molecule has 2 fully saturated rings. The van der Waals surface area contributed by atoms with Crippen LogP contribution in [0.1, 0.15) is 44.9 Å². The predicted octanol–water partition coefficient (Wildman–Crippen LogP) is 0.352. The van der Waals surface area contributed by atoms with Crippen LogP contribution >= 0.6 is 0 Å². The zero-order valence-corrected chi connectivity index (χ0v) is 11.4. The molecule has 2 rings (SSSR count). The Morgan fingerprint density at radius 2 is 2.00 bits per heavy atom. The maximum absolute atomic E-state index is 12.1. The molecule has 0 aromatic heterocycles. The van der Waals surface area contributed by atoms with Gasteiger partial charge < -0.3 is 21.1 Å². The summed E-state index contributed by atoms with van der Waals surface area (Å²) in [6, 6.07) is -0.487. The Labute approximate surface area is 117 Å². The van der Waals surface area contributed by atoms with Crippen molar-refractivity contribution in [3.05, 3.63) is 0 Å². The molecule has 1 aliphatic heterocycles. The lowest BCUT2D eigenvalue weighted by molar-refractivity contribution is -0.141. The number of carboxylic acid groups (broad SMARTS) is 1. The molecule has 1 spiro atoms. The molecule has 1 saturated carbocycles. The molecule has 1 atom stereocenters. The third-order valence-corrected chi connectivity index (χ3v) is 4.07. The van der Waals surface area contributed by atoms with E-state index in [1.165, 1.54) is 0 Å². The Balaban J connectivity index is 1.76. The van der Waals surface area contributed by atoms with Crippen LogP contribution in [0.3, 0.4) is 0 Å². The summed E-state index contributed by atoms with van der Waals surface area (Å²) < 4.78 is 0. The first-order valence-corrected chi connectivity index (χ1v) is 7.13. The van der Waals surface area contributed by atoms with Crippen LogP contribution in [-0.2, 0) is 9.59 Å². The minimum absolute atomic E-state index is 0.0664. The number of piperazine rings is 1. The molecule has 0 aromatic carbocycles. The first-order chi connectivity index (χ1) is 9.53. The van der Waals surface area contributed by atoms with Gasteiger partial charge in [-0.15, -0.1) is 0 Å². The van der Waals surface area contributed by atoms with Crippen molar-refractivity contribution in [3.8, 4) is 0 Å². The van der Waals surface area contributed by atoms with Crippen LogP contribution in [0.5, 0.6) is 0 Å². The second kappa shape index (κ2) is 6.11. The molecule has 0 aromatic rings. The van der Waals surface area contributed by atoms with Crippen molar-refractivity contribution in [1.82, 2.24) is 16.0 Å². The minimum Gasteiger partial charge on any atom is -0.465 e. The largest absolute Gasteiger partial charge is 0.465 e. The fourth-order valence-electron chi connectivity index (χ4n) is 2.94. The van der Waals surface area contributed by atoms with Crippen molar-refractivity contribution < 1.29 is 19.5 Å². The standard InChI is InChI=1S/C13H21N3O4/c17-10-9(5-1-4-8-14-12(19)20)15-11(18)13(16-10)6-2-3-7-13/h9,14H,1-8H2,(H,15,18)(H,16,17)(H,19,20). The van der Waals surface area contributed by atoms with Crippen LogP contribution in [0, 0.1) is 0 Å². The SMILES string of the molecule is O=C(O)NCCCCC1NC(=O)C2(CCCC2)NC1=O. The van der Waals surface area contributed by atoms with E-state index in [9.17, 15) is 14.4 Å². The smallest absolute Gasteiger partial charge is 0.404 e. The van der Waals surface area contributed by atoms with Crippen molar-refractivity contribution in [2.45, 2.75) is 56.5 Å². The maximum atomic E-state index is 12.1. The third kappa shape index (κ3) is 3.20. The van der Waals surface area contributed by atoms with Gasteiger partial charge in [0.15, 0.2) is 0 Å². The molecule has 112 valence electrons. The fourth-order valence-corrected chi connectivity index (χ4v) is 2.94. The molecule has 0 radical (unpaired) electrons. The molecule has 2 aliphatic rings. The normalized spacial score (nSPS) is 24.3. The predicted molar refractivity (Wildman–Crippen MR) is 71.2 cm³/mol. The molecule has 7 nitrogen and oxygen atoms in total. The van der Waals surface area contributed by atoms with Crippen molar-refractivity contribution in [1.29, 1.82) is 0 Å². The molecule has 7 heteroatoms. The van der Waals surface area contributed by atoms with Gasteiger partial charge in [-0.1, -0.05) is 12.8 Å². The van der Waals surface area contributed by atoms with E-state index >= 15 is 0 Å². The van der Waals surface area contributed by atoms with E-state index in [4.69, 9.17) is 5.11 Å². The van der Waals surface area contributed by atoms with Crippen LogP contribution < -0.4 is 16.0 Å². The second-order valence-electron chi connectivity index (χ2n) is 5.53. The van der Waals surface area contributed by atoms with E-state index in [-0.39, 0.29) is 11.8 Å². The van der Waals surface area contributed by atoms with E-state index < -0.39 is 17.7 Å². The van der Waals surface area contributed by atoms with Gasteiger partial charge in [0.25, 0.3) is 0 Å². The fraction of sp³-hybridized carbons (Fsp3) is 0.769. The summed E-state index contributed by atoms with van der Waals surface area (Å²) in [5, 5.41) is 16.4. The van der Waals surface area contributed by atoms with Gasteiger partial charge in [0.05, 0.1) is 0 Å². The Morgan fingerprint density at radius 1 is 1.30 bits per heavy atom. The van der Waals surface area contributed by atoms with Crippen LogP contribution in [0.15, 0.2) is 0 Å². The Bertz CT molecular complexity index is 404. The number of amides is 3. The quantitative estimate of drug-likeness (QED) is 0.546. The van der Waals surface area contributed by atoms with Gasteiger partial charge in [-0.25, -0.2) is 4.79 Å². The molecule has 1 aliphatic carbocycles. The maximum Gasteiger partial charge on any atom is 0.404 e. The molecular formula is C13H21N3O4. The lowest BCUT2D eigenvalue weighted by Gasteiger charge is -2.37. The summed E-state index contributed by atoms with van der Waals surface area (Å²) in [5.41, 5.74) is -0.668. The summed E-state index contributed by atoms with van der Waals surface area (Å²) in [7, 11) is 0. The number of nitrogens with one attached hydrogen (secondary N) is 3. The highest BCUT2D eigenvalue weighted by Gasteiger charge is 2.47. The Morgan fingerprint density at radius 3 is 2.65 bits per heavy atom. The number of rotatable bonds is 5. The minimum atomic E-state index is -1.04. The molecule has 20 heavy (non-hydrogen) atoms. The van der Waals surface area contributed by atoms with Gasteiger partial charge in [-0.3, -0.25) is 9.59 Å². The molecule has 4 N–H and O–H groups in total. The van der Waals surface area contributed by atoms with Gasteiger partial charge in [0.1, 0.15) is 11.6 Å². The van der Waals surface area contributed by atoms with Crippen LogP contribution in [-0.4, -0.2) is 41.1 Å². The average Bonchev–Trinajstić information content (AvgIpc) is 2.84. The molecule has 0 bridgehead atoms. The highest BCUT2D eigenvalue weighted by molar-refractivity contribution is 5.99. The summed E-state index contributed by atoms with van der Waals surface area (Å²) in [4.78, 5) is 34.4. The monoisotopic (exact) mass is 283 g/mol. The molecule has 3 amide bonds. The van der Waals surface area contributed by atoms with E-state index in [0.29, 0.717) is 25.8 Å². The van der Waals surface area contributed by atoms with E-state index in [2.05, 4.69) is 16.0 Å². The topological polar surface area (TPSA) is 108 Å². The van der Waals surface area contributed by atoms with E-state index in [0.717, 1.165) is 25.7 Å². The van der Waals surface area contributed by atoms with E-state index in [1.807, 2.05) is 0 Å². The summed E-state index contributed by atoms with van der Waals surface area (Å²) in [6.45, 7) is 0.363. The molecule has 1 unspecified atom stereocenters. The van der Waals surface area contributed by atoms with Crippen LogP contribution in [0.4, 0.5) is 4.79 Å². The average molecular weight is 283 g/mol. The molecule has 1 saturated heterocycles. The van der Waals surface area contributed by atoms with Crippen molar-refractivity contribution >= 4 is 17.9 Å². The molecule has 1 heterocycles. The zero-order chi connectivity index (χ0) is 14.6. The van der Waals surface area contributed by atoms with Crippen molar-refractivity contribution in [2.24, 2.45) is 0 Å². The lowest BCUT2D eigenvalue weighted by Crippen LogP contribution is -2.68. The van der Waals surface area contributed by atoms with Gasteiger partial charge in [0.2, 0.25) is 11.8 Å². The third-order valence-electron chi connectivity index (χ3n) is 4.07. The van der Waals surface area contributed by atoms with Crippen LogP contribution in [0.2, 0.25) is 0 Å². The van der Waals surface area contributed by atoms with Crippen LogP contribution in [0.25, 0.3) is 0 Å². The Kier molecular flexibility index (Phi) is 4.46. The number of unbranched alkanes of at least 4 members (excludes halogenated alkanes) is 1. The number of carbonyl (C=O) groups excluding carboxylic acids is 2.